The van der Waals surface area contributed by atoms with Crippen LogP contribution in [0.4, 0.5) is 0 Å². The van der Waals surface area contributed by atoms with Crippen LogP contribution in [0.3, 0.4) is 0 Å². The molecule has 0 atom stereocenters. The standard InChI is InChI=1S/C31H44O2/c1-5-7-8-9-10-11-12-13-14-15-16-17-18-22-30(32)33-28-23-27-21-19-20-26(6-2)31(27)29(24-28)25(3)4/h2,19-21,23-25H,5,7-18,22H2,1,3-4H3. The van der Waals surface area contributed by atoms with Gasteiger partial charge in [0, 0.05) is 17.4 Å². The van der Waals surface area contributed by atoms with Gasteiger partial charge in [0.1, 0.15) is 5.75 Å². The van der Waals surface area contributed by atoms with Gasteiger partial charge >= 0.3 is 5.97 Å². The van der Waals surface area contributed by atoms with E-state index in [1.165, 1.54) is 70.6 Å². The van der Waals surface area contributed by atoms with Crippen molar-refractivity contribution in [2.24, 2.45) is 0 Å². The summed E-state index contributed by atoms with van der Waals surface area (Å²) in [4.78, 5) is 12.4. The summed E-state index contributed by atoms with van der Waals surface area (Å²) in [5.74, 6) is 3.57. The molecule has 0 saturated heterocycles. The van der Waals surface area contributed by atoms with Gasteiger partial charge in [-0.15, -0.1) is 6.42 Å². The van der Waals surface area contributed by atoms with Crippen LogP contribution < -0.4 is 4.74 Å². The van der Waals surface area contributed by atoms with Crippen molar-refractivity contribution in [3.63, 3.8) is 0 Å². The second-order valence-corrected chi connectivity index (χ2v) is 9.68. The number of unbranched alkanes of at least 4 members (excludes halogenated alkanes) is 12. The molecule has 2 aromatic rings. The Kier molecular flexibility index (Phi) is 12.7. The number of carbonyl (C=O) groups is 1. The van der Waals surface area contributed by atoms with Gasteiger partial charge in [-0.3, -0.25) is 4.79 Å². The Morgan fingerprint density at radius 3 is 2.00 bits per heavy atom. The highest BCUT2D eigenvalue weighted by Crippen LogP contribution is 2.33. The number of terminal acetylenes is 1. The number of benzene rings is 2. The molecule has 180 valence electrons. The molecular formula is C31H44O2. The number of hydrogen-bond acceptors (Lipinski definition) is 2. The van der Waals surface area contributed by atoms with Crippen molar-refractivity contribution in [3.8, 4) is 18.1 Å². The highest BCUT2D eigenvalue weighted by Gasteiger charge is 2.13. The van der Waals surface area contributed by atoms with Gasteiger partial charge in [0.2, 0.25) is 0 Å². The van der Waals surface area contributed by atoms with Crippen LogP contribution in [0.25, 0.3) is 10.8 Å². The first kappa shape index (κ1) is 27.0. The van der Waals surface area contributed by atoms with Crippen LogP contribution in [0, 0.1) is 12.3 Å². The lowest BCUT2D eigenvalue weighted by molar-refractivity contribution is -0.134. The monoisotopic (exact) mass is 448 g/mol. The van der Waals surface area contributed by atoms with Crippen LogP contribution in [-0.2, 0) is 4.79 Å². The fourth-order valence-corrected chi connectivity index (χ4v) is 4.54. The van der Waals surface area contributed by atoms with Crippen LogP contribution in [0.1, 0.15) is 128 Å². The van der Waals surface area contributed by atoms with Gasteiger partial charge in [-0.25, -0.2) is 0 Å². The van der Waals surface area contributed by atoms with E-state index < -0.39 is 0 Å². The van der Waals surface area contributed by atoms with E-state index in [4.69, 9.17) is 11.2 Å². The van der Waals surface area contributed by atoms with Crippen LogP contribution >= 0.6 is 0 Å². The lowest BCUT2D eigenvalue weighted by atomic mass is 9.92. The maximum atomic E-state index is 12.4. The van der Waals surface area contributed by atoms with Gasteiger partial charge in [0.15, 0.2) is 0 Å². The summed E-state index contributed by atoms with van der Waals surface area (Å²) in [6.45, 7) is 6.55. The molecule has 0 unspecified atom stereocenters. The zero-order valence-electron chi connectivity index (χ0n) is 21.3. The first-order chi connectivity index (χ1) is 16.1. The third-order valence-corrected chi connectivity index (χ3v) is 6.47. The fraction of sp³-hybridized carbons (Fsp3) is 0.581. The van der Waals surface area contributed by atoms with E-state index in [0.29, 0.717) is 18.1 Å². The first-order valence-electron chi connectivity index (χ1n) is 13.3. The largest absolute Gasteiger partial charge is 0.426 e. The number of hydrogen-bond donors (Lipinski definition) is 0. The Hall–Kier alpha value is -2.27. The van der Waals surface area contributed by atoms with Crippen molar-refractivity contribution < 1.29 is 9.53 Å². The quantitative estimate of drug-likeness (QED) is 0.111. The third kappa shape index (κ3) is 9.63. The zero-order valence-corrected chi connectivity index (χ0v) is 21.3. The number of rotatable bonds is 16. The fourth-order valence-electron chi connectivity index (χ4n) is 4.54. The molecule has 2 rings (SSSR count). The Balaban J connectivity index is 1.66. The number of fused-ring (bicyclic) bond motifs is 1. The number of carbonyl (C=O) groups excluding carboxylic acids is 1. The minimum Gasteiger partial charge on any atom is -0.426 e. The summed E-state index contributed by atoms with van der Waals surface area (Å²) in [6.07, 6.45) is 23.1. The molecule has 0 aromatic heterocycles. The second-order valence-electron chi connectivity index (χ2n) is 9.68. The predicted octanol–water partition coefficient (Wildman–Crippen LogP) is 9.33. The van der Waals surface area contributed by atoms with Crippen LogP contribution in [-0.4, -0.2) is 5.97 Å². The number of ether oxygens (including phenoxy) is 1. The highest BCUT2D eigenvalue weighted by atomic mass is 16.5. The molecule has 0 radical (unpaired) electrons. The Bertz CT molecular complexity index is 888. The molecular weight excluding hydrogens is 404 g/mol. The van der Waals surface area contributed by atoms with Gasteiger partial charge in [-0.05, 0) is 41.5 Å². The third-order valence-electron chi connectivity index (χ3n) is 6.47. The summed E-state index contributed by atoms with van der Waals surface area (Å²) in [5.41, 5.74) is 2.02. The molecule has 0 saturated carbocycles. The van der Waals surface area contributed by atoms with Gasteiger partial charge in [-0.2, -0.15) is 0 Å². The molecule has 33 heavy (non-hydrogen) atoms. The molecule has 0 aliphatic rings. The van der Waals surface area contributed by atoms with E-state index in [1.54, 1.807) is 0 Å². The van der Waals surface area contributed by atoms with Crippen LogP contribution in [0.15, 0.2) is 30.3 Å². The van der Waals surface area contributed by atoms with Crippen LogP contribution in [0.5, 0.6) is 5.75 Å². The van der Waals surface area contributed by atoms with Gasteiger partial charge in [0.05, 0.1) is 0 Å². The summed E-state index contributed by atoms with van der Waals surface area (Å²) >= 11 is 0. The predicted molar refractivity (Wildman–Crippen MR) is 142 cm³/mol. The van der Waals surface area contributed by atoms with Crippen molar-refractivity contribution in [2.45, 2.75) is 117 Å². The normalized spacial score (nSPS) is 11.1. The average molecular weight is 449 g/mol. The van der Waals surface area contributed by atoms with Crippen molar-refractivity contribution in [1.82, 2.24) is 0 Å². The van der Waals surface area contributed by atoms with Gasteiger partial charge < -0.3 is 4.74 Å². The summed E-state index contributed by atoms with van der Waals surface area (Å²) < 4.78 is 5.70. The van der Waals surface area contributed by atoms with Crippen LogP contribution in [0.2, 0.25) is 0 Å². The molecule has 2 nitrogen and oxygen atoms in total. The van der Waals surface area contributed by atoms with E-state index in [-0.39, 0.29) is 5.97 Å². The minimum absolute atomic E-state index is 0.139. The minimum atomic E-state index is -0.139. The maximum Gasteiger partial charge on any atom is 0.311 e. The molecule has 0 aliphatic heterocycles. The molecule has 0 fully saturated rings. The highest BCUT2D eigenvalue weighted by molar-refractivity contribution is 5.93. The van der Waals surface area contributed by atoms with E-state index in [0.717, 1.165) is 34.7 Å². The van der Waals surface area contributed by atoms with Gasteiger partial charge in [-0.1, -0.05) is 116 Å². The number of esters is 1. The van der Waals surface area contributed by atoms with E-state index >= 15 is 0 Å². The van der Waals surface area contributed by atoms with E-state index in [1.807, 2.05) is 30.3 Å². The Morgan fingerprint density at radius 2 is 1.45 bits per heavy atom. The van der Waals surface area contributed by atoms with Crippen molar-refractivity contribution in [1.29, 1.82) is 0 Å². The molecule has 0 heterocycles. The molecule has 2 aromatic carbocycles. The Labute approximate surface area is 202 Å². The molecule has 0 bridgehead atoms. The molecule has 0 spiro atoms. The molecule has 2 heteroatoms. The van der Waals surface area contributed by atoms with Crippen molar-refractivity contribution in [3.05, 3.63) is 41.5 Å². The molecule has 0 amide bonds. The molecule has 0 aliphatic carbocycles. The summed E-state index contributed by atoms with van der Waals surface area (Å²) in [7, 11) is 0. The summed E-state index contributed by atoms with van der Waals surface area (Å²) in [5, 5.41) is 2.12. The maximum absolute atomic E-state index is 12.4. The summed E-state index contributed by atoms with van der Waals surface area (Å²) in [6, 6.07) is 9.88. The van der Waals surface area contributed by atoms with E-state index in [9.17, 15) is 4.79 Å². The lowest BCUT2D eigenvalue weighted by Crippen LogP contribution is -2.08. The van der Waals surface area contributed by atoms with Gasteiger partial charge in [0.25, 0.3) is 0 Å². The van der Waals surface area contributed by atoms with Crippen molar-refractivity contribution >= 4 is 16.7 Å². The topological polar surface area (TPSA) is 26.3 Å². The second kappa shape index (κ2) is 15.5. The van der Waals surface area contributed by atoms with Crippen molar-refractivity contribution in [2.75, 3.05) is 0 Å². The smallest absolute Gasteiger partial charge is 0.311 e. The first-order valence-corrected chi connectivity index (χ1v) is 13.3. The Morgan fingerprint density at radius 1 is 0.879 bits per heavy atom. The average Bonchev–Trinajstić information content (AvgIpc) is 2.80. The SMILES string of the molecule is C#Cc1cccc2cc(OC(=O)CCCCCCCCCCCCCCC)cc(C(C)C)c12. The van der Waals surface area contributed by atoms with E-state index in [2.05, 4.69) is 26.7 Å². The molecule has 0 N–H and O–H groups in total. The lowest BCUT2D eigenvalue weighted by Gasteiger charge is -2.14. The zero-order chi connectivity index (χ0) is 23.9.